The van der Waals surface area contributed by atoms with E-state index in [-0.39, 0.29) is 24.4 Å². The fourth-order valence-corrected chi connectivity index (χ4v) is 3.07. The van der Waals surface area contributed by atoms with Crippen LogP contribution in [0.15, 0.2) is 22.7 Å². The maximum Gasteiger partial charge on any atom is 0.254 e. The maximum atomic E-state index is 12.6. The smallest absolute Gasteiger partial charge is 0.254 e. The molecule has 4 nitrogen and oxygen atoms in total. The van der Waals surface area contributed by atoms with E-state index in [4.69, 9.17) is 10.5 Å². The lowest BCUT2D eigenvalue weighted by Gasteiger charge is -2.32. The fraction of sp³-hybridized carbons (Fsp3) is 0.562. The lowest BCUT2D eigenvalue weighted by Crippen LogP contribution is -2.41. The van der Waals surface area contributed by atoms with Gasteiger partial charge in [-0.25, -0.2) is 0 Å². The van der Waals surface area contributed by atoms with Crippen molar-refractivity contribution in [2.45, 2.75) is 32.3 Å². The van der Waals surface area contributed by atoms with E-state index in [2.05, 4.69) is 15.9 Å². The zero-order chi connectivity index (χ0) is 15.2. The van der Waals surface area contributed by atoms with Crippen molar-refractivity contribution in [3.8, 4) is 0 Å². The fourth-order valence-electron chi connectivity index (χ4n) is 2.60. The number of carbonyl (C=O) groups excluding carboxylic acids is 1. The standard InChI is InChI=1S/C16H23BrN2O2.ClH/c1-12-11-13(17)3-4-15(12)16(20)19-8-5-14(6-9-19)21-10-2-7-18;/h3-4,11,14H,2,5-10,18H2,1H3;1H. The third kappa shape index (κ3) is 5.23. The molecule has 0 aromatic heterocycles. The minimum atomic E-state index is 0. The van der Waals surface area contributed by atoms with Crippen LogP contribution in [0.1, 0.15) is 35.2 Å². The van der Waals surface area contributed by atoms with Crippen LogP contribution in [0.4, 0.5) is 0 Å². The number of ether oxygens (including phenoxy) is 1. The number of halogens is 2. The Hall–Kier alpha value is -0.620. The number of likely N-dealkylation sites (tertiary alicyclic amines) is 1. The van der Waals surface area contributed by atoms with E-state index in [1.165, 1.54) is 0 Å². The van der Waals surface area contributed by atoms with Crippen molar-refractivity contribution in [2.24, 2.45) is 5.73 Å². The summed E-state index contributed by atoms with van der Waals surface area (Å²) < 4.78 is 6.78. The Kier molecular flexibility index (Phi) is 8.39. The number of nitrogens with zero attached hydrogens (tertiary/aromatic N) is 1. The summed E-state index contributed by atoms with van der Waals surface area (Å²) in [5.41, 5.74) is 7.26. The third-order valence-electron chi connectivity index (χ3n) is 3.85. The number of piperidine rings is 1. The first-order valence-corrected chi connectivity index (χ1v) is 8.28. The molecule has 1 aliphatic rings. The van der Waals surface area contributed by atoms with Crippen molar-refractivity contribution < 1.29 is 9.53 Å². The van der Waals surface area contributed by atoms with Gasteiger partial charge in [0, 0.05) is 29.7 Å². The first-order valence-electron chi connectivity index (χ1n) is 7.49. The van der Waals surface area contributed by atoms with E-state index in [0.717, 1.165) is 54.6 Å². The van der Waals surface area contributed by atoms with Gasteiger partial charge < -0.3 is 15.4 Å². The van der Waals surface area contributed by atoms with Crippen LogP contribution < -0.4 is 5.73 Å². The first kappa shape index (κ1) is 19.4. The van der Waals surface area contributed by atoms with E-state index in [9.17, 15) is 4.79 Å². The second-order valence-corrected chi connectivity index (χ2v) is 6.38. The molecule has 0 saturated carbocycles. The van der Waals surface area contributed by atoms with Gasteiger partial charge in [0.05, 0.1) is 6.10 Å². The average Bonchev–Trinajstić information content (AvgIpc) is 2.48. The molecule has 1 aromatic rings. The predicted molar refractivity (Wildman–Crippen MR) is 94.7 cm³/mol. The summed E-state index contributed by atoms with van der Waals surface area (Å²) in [4.78, 5) is 14.5. The number of amides is 1. The summed E-state index contributed by atoms with van der Waals surface area (Å²) in [6.07, 6.45) is 2.99. The van der Waals surface area contributed by atoms with Gasteiger partial charge in [0.15, 0.2) is 0 Å². The molecule has 0 bridgehead atoms. The summed E-state index contributed by atoms with van der Waals surface area (Å²) in [5, 5.41) is 0. The number of aryl methyl sites for hydroxylation is 1. The number of nitrogens with two attached hydrogens (primary N) is 1. The topological polar surface area (TPSA) is 55.6 Å². The average molecular weight is 392 g/mol. The molecule has 1 aromatic carbocycles. The van der Waals surface area contributed by atoms with Gasteiger partial charge in [-0.15, -0.1) is 12.4 Å². The first-order chi connectivity index (χ1) is 10.1. The van der Waals surface area contributed by atoms with Gasteiger partial charge in [0.2, 0.25) is 0 Å². The van der Waals surface area contributed by atoms with Crippen molar-refractivity contribution in [2.75, 3.05) is 26.2 Å². The quantitative estimate of drug-likeness (QED) is 0.785. The molecule has 2 rings (SSSR count). The zero-order valence-corrected chi connectivity index (χ0v) is 15.3. The summed E-state index contributed by atoms with van der Waals surface area (Å²) in [6.45, 7) is 4.89. The summed E-state index contributed by atoms with van der Waals surface area (Å²) in [7, 11) is 0. The monoisotopic (exact) mass is 390 g/mol. The highest BCUT2D eigenvalue weighted by molar-refractivity contribution is 9.10. The lowest BCUT2D eigenvalue weighted by atomic mass is 10.0. The number of rotatable bonds is 5. The molecule has 1 amide bonds. The Morgan fingerprint density at radius 1 is 1.41 bits per heavy atom. The van der Waals surface area contributed by atoms with Crippen molar-refractivity contribution in [1.29, 1.82) is 0 Å². The normalized spacial score (nSPS) is 15.5. The van der Waals surface area contributed by atoms with Gasteiger partial charge in [0.1, 0.15) is 0 Å². The molecule has 1 fully saturated rings. The number of hydrogen-bond acceptors (Lipinski definition) is 3. The van der Waals surface area contributed by atoms with Crippen LogP contribution in [0.25, 0.3) is 0 Å². The van der Waals surface area contributed by atoms with Gasteiger partial charge in [-0.05, 0) is 56.5 Å². The Labute approximate surface area is 146 Å². The molecule has 1 heterocycles. The van der Waals surface area contributed by atoms with Crippen molar-refractivity contribution in [3.05, 3.63) is 33.8 Å². The Morgan fingerprint density at radius 2 is 2.09 bits per heavy atom. The number of benzene rings is 1. The highest BCUT2D eigenvalue weighted by atomic mass is 79.9. The van der Waals surface area contributed by atoms with Gasteiger partial charge in [-0.2, -0.15) is 0 Å². The van der Waals surface area contributed by atoms with Gasteiger partial charge >= 0.3 is 0 Å². The van der Waals surface area contributed by atoms with Gasteiger partial charge in [0.25, 0.3) is 5.91 Å². The molecule has 1 saturated heterocycles. The van der Waals surface area contributed by atoms with E-state index in [1.807, 2.05) is 30.0 Å². The molecule has 1 aliphatic heterocycles. The van der Waals surface area contributed by atoms with Crippen molar-refractivity contribution in [3.63, 3.8) is 0 Å². The summed E-state index contributed by atoms with van der Waals surface area (Å²) in [5.74, 6) is 0.125. The van der Waals surface area contributed by atoms with E-state index in [0.29, 0.717) is 6.54 Å². The SMILES string of the molecule is Cc1cc(Br)ccc1C(=O)N1CCC(OCCCN)CC1.Cl. The number of carbonyl (C=O) groups is 1. The Balaban J connectivity index is 0.00000242. The largest absolute Gasteiger partial charge is 0.378 e. The zero-order valence-electron chi connectivity index (χ0n) is 12.9. The Bertz CT molecular complexity index is 491. The second-order valence-electron chi connectivity index (χ2n) is 5.46. The molecule has 124 valence electrons. The van der Waals surface area contributed by atoms with Crippen LogP contribution in [0, 0.1) is 6.92 Å². The molecule has 0 aliphatic carbocycles. The third-order valence-corrected chi connectivity index (χ3v) is 4.34. The van der Waals surface area contributed by atoms with Crippen LogP contribution in [-0.2, 0) is 4.74 Å². The molecule has 22 heavy (non-hydrogen) atoms. The summed E-state index contributed by atoms with van der Waals surface area (Å²) in [6, 6.07) is 5.80. The molecule has 0 unspecified atom stereocenters. The van der Waals surface area contributed by atoms with Crippen LogP contribution in [0.2, 0.25) is 0 Å². The van der Waals surface area contributed by atoms with Crippen molar-refractivity contribution in [1.82, 2.24) is 4.90 Å². The number of hydrogen-bond donors (Lipinski definition) is 1. The van der Waals surface area contributed by atoms with E-state index >= 15 is 0 Å². The minimum absolute atomic E-state index is 0. The maximum absolute atomic E-state index is 12.6. The highest BCUT2D eigenvalue weighted by Gasteiger charge is 2.24. The minimum Gasteiger partial charge on any atom is -0.378 e. The summed E-state index contributed by atoms with van der Waals surface area (Å²) >= 11 is 3.43. The molecule has 0 spiro atoms. The Morgan fingerprint density at radius 3 is 2.68 bits per heavy atom. The molecule has 0 atom stereocenters. The van der Waals surface area contributed by atoms with Crippen LogP contribution in [0.3, 0.4) is 0 Å². The van der Waals surface area contributed by atoms with E-state index in [1.54, 1.807) is 0 Å². The van der Waals surface area contributed by atoms with Gasteiger partial charge in [-0.3, -0.25) is 4.79 Å². The van der Waals surface area contributed by atoms with Crippen LogP contribution >= 0.6 is 28.3 Å². The highest BCUT2D eigenvalue weighted by Crippen LogP contribution is 2.20. The lowest BCUT2D eigenvalue weighted by molar-refractivity contribution is 0.00843. The van der Waals surface area contributed by atoms with Crippen LogP contribution in [0.5, 0.6) is 0 Å². The second kappa shape index (κ2) is 9.50. The molecule has 6 heteroatoms. The van der Waals surface area contributed by atoms with E-state index < -0.39 is 0 Å². The predicted octanol–water partition coefficient (Wildman–Crippen LogP) is 3.15. The molecular formula is C16H24BrClN2O2. The molecular weight excluding hydrogens is 368 g/mol. The van der Waals surface area contributed by atoms with Crippen LogP contribution in [-0.4, -0.2) is 43.2 Å². The van der Waals surface area contributed by atoms with Gasteiger partial charge in [-0.1, -0.05) is 15.9 Å². The van der Waals surface area contributed by atoms with Crippen molar-refractivity contribution >= 4 is 34.2 Å². The molecule has 2 N–H and O–H groups in total. The molecule has 0 radical (unpaired) electrons.